The fraction of sp³-hybridized carbons (Fsp3) is 0.0714. The predicted molar refractivity (Wildman–Crippen MR) is 73.5 cm³/mol. The second-order valence-electron chi connectivity index (χ2n) is 3.90. The largest absolute Gasteiger partial charge is 0.398 e. The van der Waals surface area contributed by atoms with Crippen LogP contribution in [0.15, 0.2) is 48.5 Å². The van der Waals surface area contributed by atoms with E-state index in [0.717, 1.165) is 5.56 Å². The lowest BCUT2D eigenvalue weighted by Crippen LogP contribution is -2.23. The minimum absolute atomic E-state index is 0.178. The van der Waals surface area contributed by atoms with Crippen molar-refractivity contribution >= 4 is 23.2 Å². The SMILES string of the molecule is Nc1ccccc1C(=O)NCc1ccc(Cl)cc1. The van der Waals surface area contributed by atoms with Crippen LogP contribution in [-0.2, 0) is 6.54 Å². The first-order chi connectivity index (χ1) is 8.66. The molecule has 0 radical (unpaired) electrons. The fourth-order valence-corrected chi connectivity index (χ4v) is 1.71. The van der Waals surface area contributed by atoms with Crippen LogP contribution in [0.2, 0.25) is 5.02 Å². The number of hydrogen-bond donors (Lipinski definition) is 2. The van der Waals surface area contributed by atoms with E-state index >= 15 is 0 Å². The van der Waals surface area contributed by atoms with Gasteiger partial charge in [0.2, 0.25) is 0 Å². The highest BCUT2D eigenvalue weighted by atomic mass is 35.5. The molecule has 0 heterocycles. The van der Waals surface area contributed by atoms with Gasteiger partial charge in [0, 0.05) is 17.3 Å². The Labute approximate surface area is 111 Å². The van der Waals surface area contributed by atoms with E-state index in [2.05, 4.69) is 5.32 Å². The molecule has 2 aromatic carbocycles. The van der Waals surface area contributed by atoms with Gasteiger partial charge in [-0.1, -0.05) is 35.9 Å². The molecule has 4 heteroatoms. The number of para-hydroxylation sites is 1. The van der Waals surface area contributed by atoms with Gasteiger partial charge in [0.05, 0.1) is 5.56 Å². The summed E-state index contributed by atoms with van der Waals surface area (Å²) >= 11 is 5.79. The number of nitrogens with one attached hydrogen (secondary N) is 1. The number of hydrogen-bond acceptors (Lipinski definition) is 2. The van der Waals surface area contributed by atoms with E-state index < -0.39 is 0 Å². The summed E-state index contributed by atoms with van der Waals surface area (Å²) in [5.74, 6) is -0.178. The minimum Gasteiger partial charge on any atom is -0.398 e. The molecule has 0 aromatic heterocycles. The fourth-order valence-electron chi connectivity index (χ4n) is 1.58. The lowest BCUT2D eigenvalue weighted by atomic mass is 10.1. The van der Waals surface area contributed by atoms with Crippen molar-refractivity contribution in [3.05, 3.63) is 64.7 Å². The van der Waals surface area contributed by atoms with Gasteiger partial charge in [0.1, 0.15) is 0 Å². The average molecular weight is 261 g/mol. The van der Waals surface area contributed by atoms with E-state index in [1.165, 1.54) is 0 Å². The van der Waals surface area contributed by atoms with Crippen molar-refractivity contribution in [2.45, 2.75) is 6.54 Å². The van der Waals surface area contributed by atoms with Gasteiger partial charge in [0.25, 0.3) is 5.91 Å². The van der Waals surface area contributed by atoms with Gasteiger partial charge in [0.15, 0.2) is 0 Å². The van der Waals surface area contributed by atoms with Crippen LogP contribution in [0.25, 0.3) is 0 Å². The third kappa shape index (κ3) is 3.02. The van der Waals surface area contributed by atoms with Crippen molar-refractivity contribution in [1.82, 2.24) is 5.32 Å². The number of anilines is 1. The van der Waals surface area contributed by atoms with Gasteiger partial charge in [-0.25, -0.2) is 0 Å². The summed E-state index contributed by atoms with van der Waals surface area (Å²) < 4.78 is 0. The topological polar surface area (TPSA) is 55.1 Å². The van der Waals surface area contributed by atoms with E-state index in [9.17, 15) is 4.79 Å². The van der Waals surface area contributed by atoms with Gasteiger partial charge in [-0.15, -0.1) is 0 Å². The molecular formula is C14H13ClN2O. The molecule has 2 rings (SSSR count). The van der Waals surface area contributed by atoms with Gasteiger partial charge < -0.3 is 11.1 Å². The number of carbonyl (C=O) groups excluding carboxylic acids is 1. The Balaban J connectivity index is 2.01. The first kappa shape index (κ1) is 12.5. The van der Waals surface area contributed by atoms with E-state index in [1.807, 2.05) is 12.1 Å². The highest BCUT2D eigenvalue weighted by Gasteiger charge is 2.07. The lowest BCUT2D eigenvalue weighted by molar-refractivity contribution is 0.0952. The number of amides is 1. The van der Waals surface area contributed by atoms with E-state index in [0.29, 0.717) is 22.8 Å². The molecule has 0 saturated carbocycles. The minimum atomic E-state index is -0.178. The predicted octanol–water partition coefficient (Wildman–Crippen LogP) is 2.85. The van der Waals surface area contributed by atoms with Crippen molar-refractivity contribution in [2.24, 2.45) is 0 Å². The number of rotatable bonds is 3. The van der Waals surface area contributed by atoms with Crippen molar-refractivity contribution in [3.63, 3.8) is 0 Å². The second-order valence-corrected chi connectivity index (χ2v) is 4.33. The van der Waals surface area contributed by atoms with Crippen molar-refractivity contribution < 1.29 is 4.79 Å². The summed E-state index contributed by atoms with van der Waals surface area (Å²) in [6, 6.07) is 14.3. The number of benzene rings is 2. The maximum Gasteiger partial charge on any atom is 0.253 e. The second kappa shape index (κ2) is 5.56. The van der Waals surface area contributed by atoms with Crippen LogP contribution in [0.1, 0.15) is 15.9 Å². The molecule has 18 heavy (non-hydrogen) atoms. The zero-order chi connectivity index (χ0) is 13.0. The maximum atomic E-state index is 11.9. The van der Waals surface area contributed by atoms with Gasteiger partial charge in [-0.3, -0.25) is 4.79 Å². The zero-order valence-corrected chi connectivity index (χ0v) is 10.4. The van der Waals surface area contributed by atoms with Crippen LogP contribution in [0.4, 0.5) is 5.69 Å². The Morgan fingerprint density at radius 1 is 1.11 bits per heavy atom. The first-order valence-electron chi connectivity index (χ1n) is 5.54. The van der Waals surface area contributed by atoms with Crippen LogP contribution in [0.3, 0.4) is 0 Å². The first-order valence-corrected chi connectivity index (χ1v) is 5.92. The smallest absolute Gasteiger partial charge is 0.253 e. The standard InChI is InChI=1S/C14H13ClN2O/c15-11-7-5-10(6-8-11)9-17-14(18)12-3-1-2-4-13(12)16/h1-8H,9,16H2,(H,17,18). The Kier molecular flexibility index (Phi) is 3.85. The summed E-state index contributed by atoms with van der Waals surface area (Å²) in [7, 11) is 0. The third-order valence-electron chi connectivity index (χ3n) is 2.57. The van der Waals surface area contributed by atoms with Crippen molar-refractivity contribution in [2.75, 3.05) is 5.73 Å². The molecule has 3 N–H and O–H groups in total. The molecule has 0 unspecified atom stereocenters. The van der Waals surface area contributed by atoms with E-state index in [1.54, 1.807) is 36.4 Å². The van der Waals surface area contributed by atoms with Crippen LogP contribution < -0.4 is 11.1 Å². The number of nitrogen functional groups attached to an aromatic ring is 1. The molecule has 0 atom stereocenters. The lowest BCUT2D eigenvalue weighted by Gasteiger charge is -2.07. The van der Waals surface area contributed by atoms with E-state index in [-0.39, 0.29) is 5.91 Å². The van der Waals surface area contributed by atoms with Gasteiger partial charge in [-0.05, 0) is 29.8 Å². The van der Waals surface area contributed by atoms with Crippen molar-refractivity contribution in [1.29, 1.82) is 0 Å². The van der Waals surface area contributed by atoms with Crippen LogP contribution >= 0.6 is 11.6 Å². The molecule has 3 nitrogen and oxygen atoms in total. The monoisotopic (exact) mass is 260 g/mol. The quantitative estimate of drug-likeness (QED) is 0.834. The van der Waals surface area contributed by atoms with Gasteiger partial charge in [-0.2, -0.15) is 0 Å². The molecule has 0 saturated heterocycles. The Morgan fingerprint density at radius 3 is 2.44 bits per heavy atom. The van der Waals surface area contributed by atoms with Gasteiger partial charge >= 0.3 is 0 Å². The molecule has 0 aliphatic heterocycles. The Morgan fingerprint density at radius 2 is 1.78 bits per heavy atom. The molecule has 0 aliphatic carbocycles. The Hall–Kier alpha value is -2.00. The maximum absolute atomic E-state index is 11.9. The highest BCUT2D eigenvalue weighted by molar-refractivity contribution is 6.30. The van der Waals surface area contributed by atoms with Crippen molar-refractivity contribution in [3.8, 4) is 0 Å². The van der Waals surface area contributed by atoms with E-state index in [4.69, 9.17) is 17.3 Å². The summed E-state index contributed by atoms with van der Waals surface area (Å²) in [6.07, 6.45) is 0. The summed E-state index contributed by atoms with van der Waals surface area (Å²) in [4.78, 5) is 11.9. The van der Waals surface area contributed by atoms with Crippen LogP contribution in [-0.4, -0.2) is 5.91 Å². The summed E-state index contributed by atoms with van der Waals surface area (Å²) in [5, 5.41) is 3.49. The van der Waals surface area contributed by atoms with Crippen LogP contribution in [0, 0.1) is 0 Å². The zero-order valence-electron chi connectivity index (χ0n) is 9.69. The normalized spacial score (nSPS) is 10.1. The molecule has 2 aromatic rings. The highest BCUT2D eigenvalue weighted by Crippen LogP contribution is 2.12. The molecule has 0 bridgehead atoms. The Bertz CT molecular complexity index is 552. The molecule has 92 valence electrons. The third-order valence-corrected chi connectivity index (χ3v) is 2.82. The average Bonchev–Trinajstić information content (AvgIpc) is 2.38. The molecule has 0 fully saturated rings. The summed E-state index contributed by atoms with van der Waals surface area (Å²) in [5.41, 5.74) is 7.69. The number of halogens is 1. The number of nitrogens with two attached hydrogens (primary N) is 1. The molecule has 1 amide bonds. The van der Waals surface area contributed by atoms with Crippen LogP contribution in [0.5, 0.6) is 0 Å². The summed E-state index contributed by atoms with van der Waals surface area (Å²) in [6.45, 7) is 0.449. The molecular weight excluding hydrogens is 248 g/mol. The molecule has 0 aliphatic rings. The molecule has 0 spiro atoms. The number of carbonyl (C=O) groups is 1.